The number of nitrogens with zero attached hydrogens (tertiary/aromatic N) is 2. The topological polar surface area (TPSA) is 33.2 Å². The molecule has 0 atom stereocenters. The van der Waals surface area contributed by atoms with Gasteiger partial charge in [0, 0.05) is 16.6 Å². The van der Waals surface area contributed by atoms with Crippen LogP contribution in [0.25, 0.3) is 0 Å². The van der Waals surface area contributed by atoms with Crippen LogP contribution in [-0.4, -0.2) is 21.8 Å². The van der Waals surface area contributed by atoms with E-state index in [4.69, 9.17) is 0 Å². The van der Waals surface area contributed by atoms with Crippen LogP contribution in [0, 0.1) is 6.92 Å². The molecule has 1 amide bonds. The third kappa shape index (κ3) is 2.84. The van der Waals surface area contributed by atoms with E-state index >= 15 is 0 Å². The number of carbonyl (C=O) groups excluding carboxylic acids is 1. The quantitative estimate of drug-likeness (QED) is 0.856. The molecule has 0 aliphatic heterocycles. The zero-order chi connectivity index (χ0) is 13.2. The summed E-state index contributed by atoms with van der Waals surface area (Å²) in [5, 5.41) is 2.05. The average molecular weight is 272 g/mol. The maximum atomic E-state index is 12.6. The predicted molar refractivity (Wildman–Crippen MR) is 76.2 cm³/mol. The second-order valence-electron chi connectivity index (χ2n) is 4.91. The van der Waals surface area contributed by atoms with Gasteiger partial charge in [0.1, 0.15) is 5.69 Å². The van der Waals surface area contributed by atoms with E-state index in [-0.39, 0.29) is 5.91 Å². The first kappa shape index (κ1) is 12.4. The fourth-order valence-electron chi connectivity index (χ4n) is 2.13. The number of carbonyl (C=O) groups is 1. The fourth-order valence-corrected chi connectivity index (χ4v) is 2.84. The second-order valence-corrected chi connectivity index (χ2v) is 5.94. The summed E-state index contributed by atoms with van der Waals surface area (Å²) in [7, 11) is 0. The molecule has 2 aromatic heterocycles. The van der Waals surface area contributed by atoms with E-state index in [1.807, 2.05) is 30.0 Å². The van der Waals surface area contributed by atoms with Gasteiger partial charge in [-0.15, -0.1) is 11.3 Å². The highest BCUT2D eigenvalue weighted by Crippen LogP contribution is 2.30. The minimum Gasteiger partial charge on any atom is -0.329 e. The molecule has 0 spiro atoms. The number of aryl methyl sites for hydroxylation is 1. The lowest BCUT2D eigenvalue weighted by molar-refractivity contribution is 0.0725. The first-order valence-corrected chi connectivity index (χ1v) is 7.39. The molecule has 2 aromatic rings. The van der Waals surface area contributed by atoms with Crippen LogP contribution < -0.4 is 0 Å². The molecule has 98 valence electrons. The molecular weight excluding hydrogens is 256 g/mol. The van der Waals surface area contributed by atoms with Crippen LogP contribution in [0.5, 0.6) is 0 Å². The fraction of sp³-hybridized carbons (Fsp3) is 0.333. The maximum absolute atomic E-state index is 12.6. The lowest BCUT2D eigenvalue weighted by Crippen LogP contribution is -2.33. The van der Waals surface area contributed by atoms with Gasteiger partial charge >= 0.3 is 0 Å². The zero-order valence-corrected chi connectivity index (χ0v) is 11.7. The molecule has 3 rings (SSSR count). The Bertz CT molecular complexity index is 576. The number of hydrogen-bond acceptors (Lipinski definition) is 3. The predicted octanol–water partition coefficient (Wildman–Crippen LogP) is 3.26. The minimum atomic E-state index is 0.0552. The Kier molecular flexibility index (Phi) is 3.34. The van der Waals surface area contributed by atoms with Crippen molar-refractivity contribution in [2.75, 3.05) is 0 Å². The van der Waals surface area contributed by atoms with Gasteiger partial charge in [-0.3, -0.25) is 4.79 Å². The van der Waals surface area contributed by atoms with Crippen molar-refractivity contribution in [1.82, 2.24) is 9.88 Å². The largest absolute Gasteiger partial charge is 0.329 e. The number of thiophene rings is 1. The average Bonchev–Trinajstić information content (AvgIpc) is 3.12. The van der Waals surface area contributed by atoms with Gasteiger partial charge in [-0.25, -0.2) is 4.98 Å². The first-order chi connectivity index (χ1) is 9.24. The number of hydrogen-bond donors (Lipinski definition) is 0. The van der Waals surface area contributed by atoms with Crippen molar-refractivity contribution in [3.8, 4) is 0 Å². The first-order valence-electron chi connectivity index (χ1n) is 6.51. The van der Waals surface area contributed by atoms with Crippen molar-refractivity contribution in [1.29, 1.82) is 0 Å². The van der Waals surface area contributed by atoms with Gasteiger partial charge in [-0.1, -0.05) is 12.1 Å². The van der Waals surface area contributed by atoms with Gasteiger partial charge in [0.05, 0.1) is 6.54 Å². The van der Waals surface area contributed by atoms with Gasteiger partial charge in [0.15, 0.2) is 0 Å². The van der Waals surface area contributed by atoms with Crippen LogP contribution in [0.3, 0.4) is 0 Å². The highest BCUT2D eigenvalue weighted by molar-refractivity contribution is 7.09. The molecule has 1 aliphatic rings. The standard InChI is InChI=1S/C15H16N2OS/c1-11-4-2-6-14(16-11)15(18)17(12-7-8-12)10-13-5-3-9-19-13/h2-6,9,12H,7-8,10H2,1H3. The molecule has 1 saturated carbocycles. The lowest BCUT2D eigenvalue weighted by atomic mass is 10.2. The third-order valence-corrected chi connectivity index (χ3v) is 4.12. The Balaban J connectivity index is 1.82. The van der Waals surface area contributed by atoms with Crippen molar-refractivity contribution in [3.63, 3.8) is 0 Å². The summed E-state index contributed by atoms with van der Waals surface area (Å²) >= 11 is 1.70. The van der Waals surface area contributed by atoms with Gasteiger partial charge in [-0.05, 0) is 43.3 Å². The molecule has 4 heteroatoms. The molecule has 2 heterocycles. The molecule has 1 aliphatic carbocycles. The van der Waals surface area contributed by atoms with Gasteiger partial charge < -0.3 is 4.90 Å². The molecule has 0 saturated heterocycles. The number of pyridine rings is 1. The molecule has 1 fully saturated rings. The smallest absolute Gasteiger partial charge is 0.273 e. The lowest BCUT2D eigenvalue weighted by Gasteiger charge is -2.21. The summed E-state index contributed by atoms with van der Waals surface area (Å²) in [4.78, 5) is 20.1. The molecule has 0 bridgehead atoms. The number of rotatable bonds is 4. The Labute approximate surface area is 116 Å². The second kappa shape index (κ2) is 5.13. The van der Waals surface area contributed by atoms with Crippen molar-refractivity contribution in [3.05, 3.63) is 52.0 Å². The van der Waals surface area contributed by atoms with Crippen molar-refractivity contribution in [2.24, 2.45) is 0 Å². The summed E-state index contributed by atoms with van der Waals surface area (Å²) in [6.07, 6.45) is 2.23. The summed E-state index contributed by atoms with van der Waals surface area (Å²) in [5.41, 5.74) is 1.45. The highest BCUT2D eigenvalue weighted by Gasteiger charge is 2.33. The zero-order valence-electron chi connectivity index (χ0n) is 10.9. The van der Waals surface area contributed by atoms with E-state index in [1.54, 1.807) is 17.4 Å². The van der Waals surface area contributed by atoms with Crippen LogP contribution in [0.4, 0.5) is 0 Å². The maximum Gasteiger partial charge on any atom is 0.273 e. The summed E-state index contributed by atoms with van der Waals surface area (Å²) in [6, 6.07) is 10.1. The SMILES string of the molecule is Cc1cccc(C(=O)N(Cc2cccs2)C2CC2)n1. The molecule has 0 radical (unpaired) electrons. The van der Waals surface area contributed by atoms with E-state index in [0.29, 0.717) is 18.3 Å². The van der Waals surface area contributed by atoms with Crippen molar-refractivity contribution in [2.45, 2.75) is 32.4 Å². The molecule has 0 unspecified atom stereocenters. The van der Waals surface area contributed by atoms with Crippen LogP contribution >= 0.6 is 11.3 Å². The van der Waals surface area contributed by atoms with Crippen LogP contribution in [-0.2, 0) is 6.54 Å². The van der Waals surface area contributed by atoms with E-state index in [0.717, 1.165) is 18.5 Å². The van der Waals surface area contributed by atoms with E-state index < -0.39 is 0 Å². The Hall–Kier alpha value is -1.68. The minimum absolute atomic E-state index is 0.0552. The van der Waals surface area contributed by atoms with Gasteiger partial charge in [-0.2, -0.15) is 0 Å². The normalized spacial score (nSPS) is 14.4. The van der Waals surface area contributed by atoms with Crippen LogP contribution in [0.15, 0.2) is 35.7 Å². The van der Waals surface area contributed by atoms with Crippen LogP contribution in [0.1, 0.15) is 33.9 Å². The molecule has 19 heavy (non-hydrogen) atoms. The molecule has 0 aromatic carbocycles. The van der Waals surface area contributed by atoms with E-state index in [2.05, 4.69) is 16.4 Å². The van der Waals surface area contributed by atoms with Crippen molar-refractivity contribution < 1.29 is 4.79 Å². The summed E-state index contributed by atoms with van der Waals surface area (Å²) < 4.78 is 0. The van der Waals surface area contributed by atoms with Crippen molar-refractivity contribution >= 4 is 17.2 Å². The van der Waals surface area contributed by atoms with Crippen LogP contribution in [0.2, 0.25) is 0 Å². The highest BCUT2D eigenvalue weighted by atomic mass is 32.1. The van der Waals surface area contributed by atoms with E-state index in [9.17, 15) is 4.79 Å². The Morgan fingerprint density at radius 1 is 1.37 bits per heavy atom. The summed E-state index contributed by atoms with van der Waals surface area (Å²) in [6.45, 7) is 2.62. The third-order valence-electron chi connectivity index (χ3n) is 3.26. The summed E-state index contributed by atoms with van der Waals surface area (Å²) in [5.74, 6) is 0.0552. The van der Waals surface area contributed by atoms with E-state index in [1.165, 1.54) is 4.88 Å². The number of aromatic nitrogens is 1. The molecular formula is C15H16N2OS. The molecule has 3 nitrogen and oxygen atoms in total. The molecule has 0 N–H and O–H groups in total. The van der Waals surface area contributed by atoms with Gasteiger partial charge in [0.2, 0.25) is 0 Å². The van der Waals surface area contributed by atoms with Gasteiger partial charge in [0.25, 0.3) is 5.91 Å². The monoisotopic (exact) mass is 272 g/mol. The Morgan fingerprint density at radius 3 is 2.84 bits per heavy atom. The number of amides is 1. The Morgan fingerprint density at radius 2 is 2.21 bits per heavy atom.